The number of ether oxygens (including phenoxy) is 1. The molecule has 2 amide bonds. The van der Waals surface area contributed by atoms with Gasteiger partial charge in [-0.25, -0.2) is 17.5 Å². The van der Waals surface area contributed by atoms with E-state index in [1.807, 2.05) is 6.08 Å². The largest absolute Gasteiger partial charge is 0.394 e. The molecule has 1 N–H and O–H groups in total. The van der Waals surface area contributed by atoms with Crippen LogP contribution in [0.15, 0.2) is 11.6 Å². The number of hydrogen-bond donors (Lipinski definition) is 1. The van der Waals surface area contributed by atoms with E-state index in [0.717, 1.165) is 14.8 Å². The Morgan fingerprint density at radius 1 is 1.40 bits per heavy atom. The van der Waals surface area contributed by atoms with Gasteiger partial charge in [0, 0.05) is 33.7 Å². The maximum Gasteiger partial charge on any atom is 0.394 e. The van der Waals surface area contributed by atoms with E-state index in [1.54, 1.807) is 0 Å². The molecule has 0 unspecified atom stereocenters. The third kappa shape index (κ3) is 4.64. The quantitative estimate of drug-likeness (QED) is 0.726. The molecule has 0 saturated carbocycles. The van der Waals surface area contributed by atoms with Gasteiger partial charge in [-0.1, -0.05) is 6.08 Å². The highest BCUT2D eigenvalue weighted by Crippen LogP contribution is 2.37. The molecule has 1 fully saturated rings. The third-order valence-corrected chi connectivity index (χ3v) is 6.58. The lowest BCUT2D eigenvalue weighted by molar-refractivity contribution is -0.169. The van der Waals surface area contributed by atoms with Crippen LogP contribution in [-0.2, 0) is 14.8 Å². The molecule has 2 rings (SSSR count). The first-order valence-corrected chi connectivity index (χ1v) is 9.30. The minimum atomic E-state index is -4.71. The Hall–Kier alpha value is -1.33. The van der Waals surface area contributed by atoms with E-state index in [1.165, 1.54) is 14.1 Å². The summed E-state index contributed by atoms with van der Waals surface area (Å²) in [4.78, 5) is 13.1. The molecule has 0 aromatic carbocycles. The Morgan fingerprint density at radius 3 is 2.60 bits per heavy atom. The van der Waals surface area contributed by atoms with E-state index < -0.39 is 46.5 Å². The topological polar surface area (TPSA) is 79.0 Å². The van der Waals surface area contributed by atoms with Crippen molar-refractivity contribution in [3.8, 4) is 0 Å². The molecule has 11 heteroatoms. The molecule has 0 aromatic rings. The zero-order chi connectivity index (χ0) is 18.8. The molecular weight excluding hydrogens is 363 g/mol. The molecular formula is C14H22F3N3O4S. The highest BCUT2D eigenvalue weighted by molar-refractivity contribution is 7.89. The number of halogens is 3. The Bertz CT molecular complexity index is 634. The fourth-order valence-corrected chi connectivity index (χ4v) is 4.42. The Labute approximate surface area is 144 Å². The maximum atomic E-state index is 13.3. The Balaban J connectivity index is 2.07. The molecule has 2 atom stereocenters. The van der Waals surface area contributed by atoms with E-state index in [2.05, 4.69) is 5.32 Å². The van der Waals surface area contributed by atoms with E-state index in [0.29, 0.717) is 19.6 Å². The standard InChI is InChI=1S/C14H22F3N3O4S/c1-19(2)25(22,23)12-8-20(7-11(12)14(15,16)17)13(21)18-6-10-4-3-5-24-9-10/h4,11-12H,3,5-9H2,1-2H3,(H,18,21)/t11-,12-/m1/s1. The molecule has 2 aliphatic rings. The second-order valence-electron chi connectivity index (χ2n) is 6.28. The van der Waals surface area contributed by atoms with Crippen LogP contribution in [0.4, 0.5) is 18.0 Å². The number of sulfonamides is 1. The van der Waals surface area contributed by atoms with Crippen LogP contribution in [0.5, 0.6) is 0 Å². The van der Waals surface area contributed by atoms with E-state index in [9.17, 15) is 26.4 Å². The van der Waals surface area contributed by atoms with Crippen LogP contribution >= 0.6 is 0 Å². The zero-order valence-corrected chi connectivity index (χ0v) is 14.9. The van der Waals surface area contributed by atoms with Gasteiger partial charge in [0.1, 0.15) is 5.25 Å². The van der Waals surface area contributed by atoms with Crippen molar-refractivity contribution in [2.45, 2.75) is 17.8 Å². The van der Waals surface area contributed by atoms with Crippen LogP contribution < -0.4 is 5.32 Å². The van der Waals surface area contributed by atoms with Gasteiger partial charge in [-0.05, 0) is 12.0 Å². The molecule has 0 bridgehead atoms. The van der Waals surface area contributed by atoms with Crippen molar-refractivity contribution in [3.05, 3.63) is 11.6 Å². The second-order valence-corrected chi connectivity index (χ2v) is 8.65. The van der Waals surface area contributed by atoms with Gasteiger partial charge in [-0.3, -0.25) is 0 Å². The molecule has 144 valence electrons. The average molecular weight is 385 g/mol. The number of nitrogens with zero attached hydrogens (tertiary/aromatic N) is 2. The summed E-state index contributed by atoms with van der Waals surface area (Å²) >= 11 is 0. The van der Waals surface area contributed by atoms with Crippen LogP contribution in [-0.4, -0.2) is 82.0 Å². The minimum absolute atomic E-state index is 0.164. The molecule has 0 aliphatic carbocycles. The summed E-state index contributed by atoms with van der Waals surface area (Å²) in [6.07, 6.45) is -2.08. The number of amides is 2. The summed E-state index contributed by atoms with van der Waals surface area (Å²) in [6.45, 7) is -0.0458. The van der Waals surface area contributed by atoms with Gasteiger partial charge in [0.25, 0.3) is 0 Å². The number of rotatable bonds is 4. The Morgan fingerprint density at radius 2 is 2.08 bits per heavy atom. The number of urea groups is 1. The van der Waals surface area contributed by atoms with Gasteiger partial charge in [0.15, 0.2) is 0 Å². The molecule has 25 heavy (non-hydrogen) atoms. The van der Waals surface area contributed by atoms with Crippen LogP contribution in [0.3, 0.4) is 0 Å². The van der Waals surface area contributed by atoms with E-state index in [4.69, 9.17) is 4.74 Å². The second kappa shape index (κ2) is 7.50. The van der Waals surface area contributed by atoms with Gasteiger partial charge < -0.3 is 15.0 Å². The van der Waals surface area contributed by atoms with Gasteiger partial charge in [0.2, 0.25) is 10.0 Å². The van der Waals surface area contributed by atoms with Crippen molar-refractivity contribution in [1.29, 1.82) is 0 Å². The van der Waals surface area contributed by atoms with E-state index >= 15 is 0 Å². The lowest BCUT2D eigenvalue weighted by Crippen LogP contribution is -2.43. The third-order valence-electron chi connectivity index (χ3n) is 4.31. The van der Waals surface area contributed by atoms with Gasteiger partial charge >= 0.3 is 12.2 Å². The molecule has 2 aliphatic heterocycles. The molecule has 0 radical (unpaired) electrons. The average Bonchev–Trinajstić information content (AvgIpc) is 3.00. The van der Waals surface area contributed by atoms with Crippen molar-refractivity contribution >= 4 is 16.1 Å². The first-order chi connectivity index (χ1) is 11.5. The number of hydrogen-bond acceptors (Lipinski definition) is 4. The number of alkyl halides is 3. The van der Waals surface area contributed by atoms with Crippen LogP contribution in [0.25, 0.3) is 0 Å². The number of carbonyl (C=O) groups is 1. The smallest absolute Gasteiger partial charge is 0.377 e. The van der Waals surface area contributed by atoms with Crippen LogP contribution in [0, 0.1) is 5.92 Å². The van der Waals surface area contributed by atoms with Crippen LogP contribution in [0.2, 0.25) is 0 Å². The summed E-state index contributed by atoms with van der Waals surface area (Å²) in [5.41, 5.74) is 0.837. The molecule has 0 spiro atoms. The minimum Gasteiger partial charge on any atom is -0.377 e. The summed E-state index contributed by atoms with van der Waals surface area (Å²) in [6, 6.07) is -0.711. The summed E-state index contributed by atoms with van der Waals surface area (Å²) in [7, 11) is -1.79. The highest BCUT2D eigenvalue weighted by atomic mass is 32.2. The van der Waals surface area contributed by atoms with Crippen molar-refractivity contribution < 1.29 is 31.1 Å². The normalized spacial score (nSPS) is 25.2. The fraction of sp³-hybridized carbons (Fsp3) is 0.786. The first kappa shape index (κ1) is 20.0. The number of carbonyl (C=O) groups excluding carboxylic acids is 1. The predicted octanol–water partition coefficient (Wildman–Crippen LogP) is 0.797. The van der Waals surface area contributed by atoms with Crippen molar-refractivity contribution in [3.63, 3.8) is 0 Å². The van der Waals surface area contributed by atoms with Gasteiger partial charge in [-0.2, -0.15) is 13.2 Å². The number of likely N-dealkylation sites (tertiary alicyclic amines) is 1. The Kier molecular flexibility index (Phi) is 6.00. The summed E-state index contributed by atoms with van der Waals surface area (Å²) in [5, 5.41) is 0.827. The first-order valence-electron chi connectivity index (χ1n) is 7.80. The van der Waals surface area contributed by atoms with Gasteiger partial charge in [-0.15, -0.1) is 0 Å². The van der Waals surface area contributed by atoms with Crippen LogP contribution in [0.1, 0.15) is 6.42 Å². The highest BCUT2D eigenvalue weighted by Gasteiger charge is 2.55. The molecule has 2 heterocycles. The summed E-state index contributed by atoms with van der Waals surface area (Å²) < 4.78 is 70.2. The zero-order valence-electron chi connectivity index (χ0n) is 14.0. The van der Waals surface area contributed by atoms with Crippen molar-refractivity contribution in [1.82, 2.24) is 14.5 Å². The van der Waals surface area contributed by atoms with Gasteiger partial charge in [0.05, 0.1) is 19.1 Å². The number of nitrogens with one attached hydrogen (secondary N) is 1. The maximum absolute atomic E-state index is 13.3. The SMILES string of the molecule is CN(C)S(=O)(=O)[C@@H]1CN(C(=O)NCC2=CCCOC2)C[C@H]1C(F)(F)F. The van der Waals surface area contributed by atoms with Crippen molar-refractivity contribution in [2.75, 3.05) is 46.9 Å². The monoisotopic (exact) mass is 385 g/mol. The summed E-state index contributed by atoms with van der Waals surface area (Å²) in [5.74, 6) is -2.11. The molecule has 7 nitrogen and oxygen atoms in total. The fourth-order valence-electron chi connectivity index (χ4n) is 2.86. The predicted molar refractivity (Wildman–Crippen MR) is 84.4 cm³/mol. The van der Waals surface area contributed by atoms with Crippen molar-refractivity contribution in [2.24, 2.45) is 5.92 Å². The lowest BCUT2D eigenvalue weighted by atomic mass is 10.1. The lowest BCUT2D eigenvalue weighted by Gasteiger charge is -2.23. The molecule has 1 saturated heterocycles. The van der Waals surface area contributed by atoms with E-state index in [-0.39, 0.29) is 6.54 Å². The molecule has 0 aromatic heterocycles.